The van der Waals surface area contributed by atoms with Crippen LogP contribution in [-0.4, -0.2) is 25.6 Å². The number of hydrogen-bond acceptors (Lipinski definition) is 5. The van der Waals surface area contributed by atoms with E-state index in [1.807, 2.05) is 35.9 Å². The van der Waals surface area contributed by atoms with Crippen LogP contribution in [0.25, 0.3) is 33.2 Å². The quantitative estimate of drug-likeness (QED) is 0.415. The molecule has 4 rings (SSSR count). The number of hydrogen-bond donors (Lipinski definition) is 1. The first-order chi connectivity index (χ1) is 13.9. The third-order valence-electron chi connectivity index (χ3n) is 5.23. The molecule has 0 bridgehead atoms. The number of aromatic nitrogens is 3. The zero-order valence-electron chi connectivity index (χ0n) is 16.3. The summed E-state index contributed by atoms with van der Waals surface area (Å²) in [6, 6.07) is 10.4. The standard InChI is InChI=1S/C21H21N5O3/c1-13-5-3-6-17-20(13)24(2)21(27)19(23-17)16-12-25(10-4-9-22)18-11-14(26(28)29)7-8-15(16)18/h3,5-8,11-12H,4,9-10,22H2,1-2H3. The number of para-hydroxylation sites is 1. The minimum absolute atomic E-state index is 0.00569. The maximum absolute atomic E-state index is 13.1. The molecule has 2 N–H and O–H groups in total. The summed E-state index contributed by atoms with van der Waals surface area (Å²) in [5.74, 6) is 0. The van der Waals surface area contributed by atoms with Gasteiger partial charge in [0.15, 0.2) is 0 Å². The van der Waals surface area contributed by atoms with Crippen LogP contribution >= 0.6 is 0 Å². The number of benzene rings is 2. The predicted octanol–water partition coefficient (Wildman–Crippen LogP) is 3.12. The zero-order valence-corrected chi connectivity index (χ0v) is 16.3. The third kappa shape index (κ3) is 3.07. The van der Waals surface area contributed by atoms with E-state index in [1.54, 1.807) is 17.7 Å². The van der Waals surface area contributed by atoms with Gasteiger partial charge in [0.1, 0.15) is 5.69 Å². The number of aryl methyl sites for hydroxylation is 3. The van der Waals surface area contributed by atoms with Crippen molar-refractivity contribution in [3.8, 4) is 11.3 Å². The predicted molar refractivity (Wildman–Crippen MR) is 113 cm³/mol. The van der Waals surface area contributed by atoms with E-state index in [0.717, 1.165) is 22.0 Å². The molecule has 0 fully saturated rings. The van der Waals surface area contributed by atoms with E-state index in [0.29, 0.717) is 36.3 Å². The number of nitro groups is 1. The molecule has 148 valence electrons. The molecule has 0 radical (unpaired) electrons. The van der Waals surface area contributed by atoms with Crippen LogP contribution in [0, 0.1) is 17.0 Å². The highest BCUT2D eigenvalue weighted by Crippen LogP contribution is 2.31. The molecule has 0 saturated heterocycles. The molecule has 2 heterocycles. The Kier molecular flexibility index (Phi) is 4.63. The number of non-ortho nitro benzene ring substituents is 1. The monoisotopic (exact) mass is 391 g/mol. The van der Waals surface area contributed by atoms with Gasteiger partial charge in [0.25, 0.3) is 11.2 Å². The Hall–Kier alpha value is -3.52. The lowest BCUT2D eigenvalue weighted by atomic mass is 10.1. The summed E-state index contributed by atoms with van der Waals surface area (Å²) in [5, 5.41) is 12.0. The maximum atomic E-state index is 13.1. The van der Waals surface area contributed by atoms with Crippen LogP contribution in [0.1, 0.15) is 12.0 Å². The number of nitrogens with zero attached hydrogens (tertiary/aromatic N) is 4. The van der Waals surface area contributed by atoms with E-state index in [4.69, 9.17) is 5.73 Å². The SMILES string of the molecule is Cc1cccc2nc(-c3cn(CCCN)c4cc([N+](=O)[O-])ccc34)c(=O)n(C)c12. The molecule has 0 spiro atoms. The molecule has 0 aliphatic heterocycles. The summed E-state index contributed by atoms with van der Waals surface area (Å²) >= 11 is 0. The topological polar surface area (TPSA) is 109 Å². The molecule has 2 aromatic carbocycles. The van der Waals surface area contributed by atoms with Gasteiger partial charge < -0.3 is 14.9 Å². The van der Waals surface area contributed by atoms with Crippen LogP contribution in [0.3, 0.4) is 0 Å². The van der Waals surface area contributed by atoms with Crippen molar-refractivity contribution in [3.05, 3.63) is 68.6 Å². The first kappa shape index (κ1) is 18.8. The molecule has 0 aliphatic carbocycles. The number of fused-ring (bicyclic) bond motifs is 2. The molecule has 8 heteroatoms. The fourth-order valence-corrected chi connectivity index (χ4v) is 3.80. The second-order valence-corrected chi connectivity index (χ2v) is 7.10. The van der Waals surface area contributed by atoms with Crippen molar-refractivity contribution < 1.29 is 4.92 Å². The zero-order chi connectivity index (χ0) is 20.7. The van der Waals surface area contributed by atoms with Crippen molar-refractivity contribution >= 4 is 27.6 Å². The second-order valence-electron chi connectivity index (χ2n) is 7.10. The van der Waals surface area contributed by atoms with Crippen molar-refractivity contribution in [2.75, 3.05) is 6.54 Å². The summed E-state index contributed by atoms with van der Waals surface area (Å²) < 4.78 is 3.52. The highest BCUT2D eigenvalue weighted by atomic mass is 16.6. The second kappa shape index (κ2) is 7.14. The van der Waals surface area contributed by atoms with Gasteiger partial charge >= 0.3 is 0 Å². The molecule has 0 amide bonds. The summed E-state index contributed by atoms with van der Waals surface area (Å²) in [5.41, 5.74) is 9.63. The molecule has 0 unspecified atom stereocenters. The highest BCUT2D eigenvalue weighted by Gasteiger charge is 2.19. The molecule has 0 saturated carbocycles. The van der Waals surface area contributed by atoms with Crippen LogP contribution in [0.2, 0.25) is 0 Å². The van der Waals surface area contributed by atoms with Crippen LogP contribution in [0.4, 0.5) is 5.69 Å². The van der Waals surface area contributed by atoms with Crippen molar-refractivity contribution in [1.29, 1.82) is 0 Å². The number of rotatable bonds is 5. The van der Waals surface area contributed by atoms with Crippen molar-refractivity contribution in [2.45, 2.75) is 19.9 Å². The van der Waals surface area contributed by atoms with Gasteiger partial charge in [-0.1, -0.05) is 12.1 Å². The number of nitrogens with two attached hydrogens (primary N) is 1. The minimum Gasteiger partial charge on any atom is -0.347 e. The van der Waals surface area contributed by atoms with Gasteiger partial charge in [-0.05, 0) is 37.6 Å². The van der Waals surface area contributed by atoms with E-state index in [-0.39, 0.29) is 11.2 Å². The molecule has 4 aromatic rings. The summed E-state index contributed by atoms with van der Waals surface area (Å²) in [6.45, 7) is 3.04. The van der Waals surface area contributed by atoms with Crippen LogP contribution in [0.5, 0.6) is 0 Å². The first-order valence-corrected chi connectivity index (χ1v) is 9.36. The van der Waals surface area contributed by atoms with Gasteiger partial charge in [-0.25, -0.2) is 4.98 Å². The van der Waals surface area contributed by atoms with Gasteiger partial charge in [0.2, 0.25) is 0 Å². The molecule has 0 atom stereocenters. The summed E-state index contributed by atoms with van der Waals surface area (Å²) in [4.78, 5) is 28.6. The Bertz CT molecular complexity index is 1320. The molecule has 0 aliphatic rings. The van der Waals surface area contributed by atoms with E-state index in [9.17, 15) is 14.9 Å². The lowest BCUT2D eigenvalue weighted by molar-refractivity contribution is -0.384. The van der Waals surface area contributed by atoms with Crippen molar-refractivity contribution in [1.82, 2.24) is 14.1 Å². The van der Waals surface area contributed by atoms with Gasteiger partial charge in [0, 0.05) is 42.9 Å². The smallest absolute Gasteiger partial charge is 0.277 e. The molecule has 8 nitrogen and oxygen atoms in total. The first-order valence-electron chi connectivity index (χ1n) is 9.36. The minimum atomic E-state index is -0.421. The molecular formula is C21H21N5O3. The normalized spacial score (nSPS) is 11.4. The van der Waals surface area contributed by atoms with E-state index >= 15 is 0 Å². The van der Waals surface area contributed by atoms with Crippen LogP contribution in [0.15, 0.2) is 47.4 Å². The average Bonchev–Trinajstić information content (AvgIpc) is 3.06. The fraction of sp³-hybridized carbons (Fsp3) is 0.238. The van der Waals surface area contributed by atoms with E-state index in [2.05, 4.69) is 4.98 Å². The van der Waals surface area contributed by atoms with Gasteiger partial charge in [-0.3, -0.25) is 14.9 Å². The fourth-order valence-electron chi connectivity index (χ4n) is 3.80. The van der Waals surface area contributed by atoms with E-state index in [1.165, 1.54) is 12.1 Å². The van der Waals surface area contributed by atoms with Gasteiger partial charge in [-0.2, -0.15) is 0 Å². The Morgan fingerprint density at radius 1 is 1.24 bits per heavy atom. The summed E-state index contributed by atoms with van der Waals surface area (Å²) in [6.07, 6.45) is 2.56. The highest BCUT2D eigenvalue weighted by molar-refractivity contribution is 5.97. The molecular weight excluding hydrogens is 370 g/mol. The Morgan fingerprint density at radius 3 is 2.76 bits per heavy atom. The lowest BCUT2D eigenvalue weighted by Crippen LogP contribution is -2.21. The Labute approximate surface area is 166 Å². The Balaban J connectivity index is 2.02. The Morgan fingerprint density at radius 2 is 2.03 bits per heavy atom. The maximum Gasteiger partial charge on any atom is 0.277 e. The van der Waals surface area contributed by atoms with Gasteiger partial charge in [0.05, 0.1) is 21.5 Å². The summed E-state index contributed by atoms with van der Waals surface area (Å²) in [7, 11) is 1.74. The average molecular weight is 391 g/mol. The van der Waals surface area contributed by atoms with Crippen molar-refractivity contribution in [2.24, 2.45) is 12.8 Å². The largest absolute Gasteiger partial charge is 0.347 e. The molecule has 29 heavy (non-hydrogen) atoms. The van der Waals surface area contributed by atoms with Crippen LogP contribution in [-0.2, 0) is 13.6 Å². The van der Waals surface area contributed by atoms with Crippen molar-refractivity contribution in [3.63, 3.8) is 0 Å². The van der Waals surface area contributed by atoms with Crippen LogP contribution < -0.4 is 11.3 Å². The molecule has 2 aromatic heterocycles. The van der Waals surface area contributed by atoms with E-state index < -0.39 is 4.92 Å². The van der Waals surface area contributed by atoms with Gasteiger partial charge in [-0.15, -0.1) is 0 Å². The number of nitro benzene ring substituents is 1. The lowest BCUT2D eigenvalue weighted by Gasteiger charge is -2.09. The third-order valence-corrected chi connectivity index (χ3v) is 5.23.